The summed E-state index contributed by atoms with van der Waals surface area (Å²) in [6.07, 6.45) is 4.50. The molecule has 4 nitrogen and oxygen atoms in total. The van der Waals surface area contributed by atoms with Gasteiger partial charge in [0.05, 0.1) is 0 Å². The standard InChI is InChI=1S/C15H21N3O/c1-3-5-11(2)10-18-9-8-12-13(15(16)17-19)6-4-7-14(12)18/h4,6-9,11,19H,3,5,10H2,1-2H3,(H2,16,17). The molecule has 0 aliphatic heterocycles. The molecule has 2 aromatic rings. The van der Waals surface area contributed by atoms with Crippen LogP contribution in [-0.2, 0) is 6.54 Å². The van der Waals surface area contributed by atoms with E-state index in [1.807, 2.05) is 18.2 Å². The summed E-state index contributed by atoms with van der Waals surface area (Å²) >= 11 is 0. The number of amidine groups is 1. The smallest absolute Gasteiger partial charge is 0.170 e. The van der Waals surface area contributed by atoms with Crippen molar-refractivity contribution in [3.8, 4) is 0 Å². The van der Waals surface area contributed by atoms with Gasteiger partial charge in [-0.05, 0) is 24.5 Å². The van der Waals surface area contributed by atoms with Gasteiger partial charge < -0.3 is 15.5 Å². The Hall–Kier alpha value is -1.97. The Kier molecular flexibility index (Phi) is 4.10. The SMILES string of the molecule is CCCC(C)Cn1ccc2c(/C(N)=N/O)cccc21. The van der Waals surface area contributed by atoms with E-state index in [2.05, 4.69) is 35.8 Å². The molecule has 3 N–H and O–H groups in total. The molecule has 1 atom stereocenters. The number of aromatic nitrogens is 1. The molecule has 0 radical (unpaired) electrons. The van der Waals surface area contributed by atoms with Crippen molar-refractivity contribution in [3.05, 3.63) is 36.0 Å². The average molecular weight is 259 g/mol. The van der Waals surface area contributed by atoms with E-state index in [9.17, 15) is 0 Å². The summed E-state index contributed by atoms with van der Waals surface area (Å²) in [5.74, 6) is 0.804. The van der Waals surface area contributed by atoms with Crippen molar-refractivity contribution < 1.29 is 5.21 Å². The van der Waals surface area contributed by atoms with Gasteiger partial charge in [-0.3, -0.25) is 0 Å². The third-order valence-corrected chi connectivity index (χ3v) is 3.49. The first-order chi connectivity index (χ1) is 9.17. The van der Waals surface area contributed by atoms with Gasteiger partial charge in [0.2, 0.25) is 0 Å². The number of benzene rings is 1. The lowest BCUT2D eigenvalue weighted by Gasteiger charge is -2.12. The Balaban J connectivity index is 2.39. The lowest BCUT2D eigenvalue weighted by atomic mass is 10.1. The molecule has 0 aliphatic carbocycles. The number of rotatable bonds is 5. The fourth-order valence-corrected chi connectivity index (χ4v) is 2.58. The summed E-state index contributed by atoms with van der Waals surface area (Å²) in [5, 5.41) is 12.9. The molecule has 0 amide bonds. The third kappa shape index (κ3) is 2.72. The lowest BCUT2D eigenvalue weighted by Crippen LogP contribution is -2.13. The van der Waals surface area contributed by atoms with Crippen molar-refractivity contribution in [2.75, 3.05) is 0 Å². The molecule has 4 heteroatoms. The van der Waals surface area contributed by atoms with Gasteiger partial charge in [-0.25, -0.2) is 0 Å². The van der Waals surface area contributed by atoms with E-state index < -0.39 is 0 Å². The van der Waals surface area contributed by atoms with Crippen LogP contribution in [0.3, 0.4) is 0 Å². The number of hydrogen-bond donors (Lipinski definition) is 2. The highest BCUT2D eigenvalue weighted by Gasteiger charge is 2.10. The van der Waals surface area contributed by atoms with Gasteiger partial charge in [0.25, 0.3) is 0 Å². The monoisotopic (exact) mass is 259 g/mol. The summed E-state index contributed by atoms with van der Waals surface area (Å²) in [7, 11) is 0. The Morgan fingerprint density at radius 3 is 2.89 bits per heavy atom. The lowest BCUT2D eigenvalue weighted by molar-refractivity contribution is 0.318. The summed E-state index contributed by atoms with van der Waals surface area (Å²) in [4.78, 5) is 0. The largest absolute Gasteiger partial charge is 0.409 e. The summed E-state index contributed by atoms with van der Waals surface area (Å²) in [6.45, 7) is 5.47. The molecular formula is C15H21N3O. The fraction of sp³-hybridized carbons (Fsp3) is 0.400. The Morgan fingerprint density at radius 1 is 1.42 bits per heavy atom. The predicted molar refractivity (Wildman–Crippen MR) is 78.5 cm³/mol. The van der Waals surface area contributed by atoms with Gasteiger partial charge in [0.15, 0.2) is 5.84 Å². The summed E-state index contributed by atoms with van der Waals surface area (Å²) < 4.78 is 2.24. The molecule has 19 heavy (non-hydrogen) atoms. The van der Waals surface area contributed by atoms with Crippen LogP contribution >= 0.6 is 0 Å². The first-order valence-corrected chi connectivity index (χ1v) is 6.73. The minimum atomic E-state index is 0.157. The molecule has 0 saturated heterocycles. The minimum absolute atomic E-state index is 0.157. The molecule has 1 heterocycles. The van der Waals surface area contributed by atoms with Gasteiger partial charge in [0.1, 0.15) is 0 Å². The maximum atomic E-state index is 8.83. The normalized spacial score (nSPS) is 13.9. The number of oxime groups is 1. The molecule has 2 rings (SSSR count). The Morgan fingerprint density at radius 2 is 2.21 bits per heavy atom. The highest BCUT2D eigenvalue weighted by atomic mass is 16.4. The van der Waals surface area contributed by atoms with E-state index in [0.717, 1.165) is 23.0 Å². The molecule has 0 bridgehead atoms. The Labute approximate surface area is 113 Å². The molecule has 0 spiro atoms. The topological polar surface area (TPSA) is 63.5 Å². The van der Waals surface area contributed by atoms with E-state index in [1.165, 1.54) is 12.8 Å². The average Bonchev–Trinajstić information content (AvgIpc) is 2.81. The van der Waals surface area contributed by atoms with E-state index in [-0.39, 0.29) is 5.84 Å². The van der Waals surface area contributed by atoms with Crippen molar-refractivity contribution in [1.29, 1.82) is 0 Å². The van der Waals surface area contributed by atoms with E-state index >= 15 is 0 Å². The van der Waals surface area contributed by atoms with Crippen LogP contribution in [0.4, 0.5) is 0 Å². The second-order valence-corrected chi connectivity index (χ2v) is 5.09. The second-order valence-electron chi connectivity index (χ2n) is 5.09. The molecule has 1 aromatic carbocycles. The van der Waals surface area contributed by atoms with Gasteiger partial charge >= 0.3 is 0 Å². The maximum Gasteiger partial charge on any atom is 0.170 e. The van der Waals surface area contributed by atoms with Gasteiger partial charge in [-0.15, -0.1) is 0 Å². The number of nitrogens with zero attached hydrogens (tertiary/aromatic N) is 2. The van der Waals surface area contributed by atoms with Crippen LogP contribution < -0.4 is 5.73 Å². The first kappa shape index (κ1) is 13.5. The van der Waals surface area contributed by atoms with Crippen LogP contribution in [0.2, 0.25) is 0 Å². The Bertz CT molecular complexity index is 586. The minimum Gasteiger partial charge on any atom is -0.409 e. The molecule has 0 aliphatic rings. The van der Waals surface area contributed by atoms with Crippen LogP contribution in [0.5, 0.6) is 0 Å². The van der Waals surface area contributed by atoms with E-state index in [4.69, 9.17) is 10.9 Å². The number of hydrogen-bond acceptors (Lipinski definition) is 2. The van der Waals surface area contributed by atoms with Crippen molar-refractivity contribution in [3.63, 3.8) is 0 Å². The summed E-state index contributed by atoms with van der Waals surface area (Å²) in [6, 6.07) is 7.91. The molecule has 0 saturated carbocycles. The van der Waals surface area contributed by atoms with Gasteiger partial charge in [-0.1, -0.05) is 37.6 Å². The highest BCUT2D eigenvalue weighted by molar-refractivity contribution is 6.08. The fourth-order valence-electron chi connectivity index (χ4n) is 2.58. The van der Waals surface area contributed by atoms with Crippen LogP contribution in [0.25, 0.3) is 10.9 Å². The number of fused-ring (bicyclic) bond motifs is 1. The van der Waals surface area contributed by atoms with Crippen LogP contribution in [0, 0.1) is 5.92 Å². The van der Waals surface area contributed by atoms with Crippen molar-refractivity contribution in [2.45, 2.75) is 33.2 Å². The molecule has 102 valence electrons. The second kappa shape index (κ2) is 5.78. The van der Waals surface area contributed by atoms with Crippen molar-refractivity contribution in [2.24, 2.45) is 16.8 Å². The maximum absolute atomic E-state index is 8.83. The van der Waals surface area contributed by atoms with E-state index in [1.54, 1.807) is 0 Å². The van der Waals surface area contributed by atoms with Crippen LogP contribution in [-0.4, -0.2) is 15.6 Å². The van der Waals surface area contributed by atoms with Crippen LogP contribution in [0.15, 0.2) is 35.6 Å². The molecule has 1 unspecified atom stereocenters. The van der Waals surface area contributed by atoms with E-state index in [0.29, 0.717) is 5.92 Å². The van der Waals surface area contributed by atoms with Gasteiger partial charge in [0, 0.05) is 29.2 Å². The van der Waals surface area contributed by atoms with Crippen molar-refractivity contribution >= 4 is 16.7 Å². The van der Waals surface area contributed by atoms with Gasteiger partial charge in [-0.2, -0.15) is 0 Å². The zero-order chi connectivity index (χ0) is 13.8. The third-order valence-electron chi connectivity index (χ3n) is 3.49. The first-order valence-electron chi connectivity index (χ1n) is 6.73. The molecule has 1 aromatic heterocycles. The highest BCUT2D eigenvalue weighted by Crippen LogP contribution is 2.22. The van der Waals surface area contributed by atoms with Crippen LogP contribution in [0.1, 0.15) is 32.3 Å². The van der Waals surface area contributed by atoms with Crippen molar-refractivity contribution in [1.82, 2.24) is 4.57 Å². The molecular weight excluding hydrogens is 238 g/mol. The predicted octanol–water partition coefficient (Wildman–Crippen LogP) is 3.17. The zero-order valence-corrected chi connectivity index (χ0v) is 11.5. The summed E-state index contributed by atoms with van der Waals surface area (Å²) in [5.41, 5.74) is 7.62. The zero-order valence-electron chi connectivity index (χ0n) is 11.5. The number of nitrogens with two attached hydrogens (primary N) is 1. The molecule has 0 fully saturated rings. The quantitative estimate of drug-likeness (QED) is 0.375.